The molecule has 1 aliphatic carbocycles. The van der Waals surface area contributed by atoms with Gasteiger partial charge in [0.15, 0.2) is 6.29 Å². The zero-order valence-corrected chi connectivity index (χ0v) is 16.8. The Morgan fingerprint density at radius 3 is 2.00 bits per heavy atom. The number of esters is 1. The molecule has 8 nitrogen and oxygen atoms in total. The van der Waals surface area contributed by atoms with Crippen molar-refractivity contribution in [1.29, 1.82) is 0 Å². The van der Waals surface area contributed by atoms with E-state index in [-0.39, 0.29) is 12.8 Å². The van der Waals surface area contributed by atoms with Gasteiger partial charge in [-0.2, -0.15) is 39.2 Å². The Morgan fingerprint density at radius 1 is 1.06 bits per heavy atom. The zero-order chi connectivity index (χ0) is 24.3. The van der Waals surface area contributed by atoms with Gasteiger partial charge in [0.2, 0.25) is 0 Å². The van der Waals surface area contributed by atoms with Crippen LogP contribution in [0.5, 0.6) is 0 Å². The molecule has 0 aromatic rings. The van der Waals surface area contributed by atoms with Crippen LogP contribution < -0.4 is 0 Å². The van der Waals surface area contributed by atoms with Gasteiger partial charge in [-0.15, -0.1) is 0 Å². The summed E-state index contributed by atoms with van der Waals surface area (Å²) in [6.07, 6.45) is -8.23. The molecule has 0 spiro atoms. The van der Waals surface area contributed by atoms with E-state index in [0.717, 1.165) is 6.42 Å². The molecule has 0 amide bonds. The van der Waals surface area contributed by atoms with Crippen LogP contribution in [0.15, 0.2) is 0 Å². The largest absolute Gasteiger partial charge is 0.465 e. The van der Waals surface area contributed by atoms with Crippen LogP contribution >= 0.6 is 0 Å². The fourth-order valence-corrected chi connectivity index (χ4v) is 3.36. The number of methoxy groups -OCH3 is 1. The second-order valence-electron chi connectivity index (χ2n) is 6.81. The first-order chi connectivity index (χ1) is 13.9. The molecule has 2 unspecified atom stereocenters. The van der Waals surface area contributed by atoms with E-state index in [1.807, 2.05) is 0 Å². The molecule has 1 saturated carbocycles. The lowest BCUT2D eigenvalue weighted by molar-refractivity contribution is -0.402. The quantitative estimate of drug-likeness (QED) is 0.206. The highest BCUT2D eigenvalue weighted by molar-refractivity contribution is 7.87. The van der Waals surface area contributed by atoms with E-state index in [4.69, 9.17) is 4.55 Å². The molecule has 0 saturated heterocycles. The SMILES string of the molecule is COC(=O)C(OCCC(F)(F)C(F)(F)S(=O)(=O)O)(OC(O)C1CCCCC1)C(F)(F)F. The van der Waals surface area contributed by atoms with Crippen LogP contribution in [0.2, 0.25) is 0 Å². The summed E-state index contributed by atoms with van der Waals surface area (Å²) in [6.45, 7) is -2.00. The first-order valence-corrected chi connectivity index (χ1v) is 10.2. The van der Waals surface area contributed by atoms with Crippen molar-refractivity contribution in [2.45, 2.75) is 68.0 Å². The molecule has 2 atom stereocenters. The molecular formula is C15H21F7O8S. The van der Waals surface area contributed by atoms with Crippen molar-refractivity contribution in [2.75, 3.05) is 13.7 Å². The minimum absolute atomic E-state index is 0.217. The lowest BCUT2D eigenvalue weighted by atomic mass is 9.89. The molecule has 0 bridgehead atoms. The molecule has 1 aliphatic rings. The molecule has 2 N–H and O–H groups in total. The standard InChI is InChI=1S/C15H21F7O8S/c1-28-11(24)13(14(18,19)20,30-10(23)9-5-3-2-4-6-9)29-8-7-12(16,17)15(21,22)31(25,26)27/h9-10,23H,2-8H2,1H3,(H,25,26,27). The molecule has 184 valence electrons. The predicted octanol–water partition coefficient (Wildman–Crippen LogP) is 2.86. The summed E-state index contributed by atoms with van der Waals surface area (Å²) in [7, 11) is -6.17. The molecule has 1 rings (SSSR count). The minimum Gasteiger partial charge on any atom is -0.465 e. The minimum atomic E-state index is -6.63. The van der Waals surface area contributed by atoms with Gasteiger partial charge in [-0.3, -0.25) is 4.55 Å². The van der Waals surface area contributed by atoms with Crippen LogP contribution in [-0.4, -0.2) is 67.2 Å². The van der Waals surface area contributed by atoms with Crippen molar-refractivity contribution in [3.63, 3.8) is 0 Å². The Kier molecular flexibility index (Phi) is 8.72. The second kappa shape index (κ2) is 9.72. The Hall–Kier alpha value is -1.23. The smallest absolute Gasteiger partial charge is 0.455 e. The number of carbonyl (C=O) groups is 1. The number of carbonyl (C=O) groups excluding carboxylic acids is 1. The molecule has 0 radical (unpaired) electrons. The average Bonchev–Trinajstić information content (AvgIpc) is 2.64. The van der Waals surface area contributed by atoms with Crippen molar-refractivity contribution in [3.05, 3.63) is 0 Å². The first-order valence-electron chi connectivity index (χ1n) is 8.80. The number of halogens is 7. The van der Waals surface area contributed by atoms with Crippen LogP contribution in [0.1, 0.15) is 38.5 Å². The van der Waals surface area contributed by atoms with E-state index in [1.54, 1.807) is 0 Å². The fraction of sp³-hybridized carbons (Fsp3) is 0.933. The Balaban J connectivity index is 3.13. The molecule has 0 aromatic heterocycles. The highest BCUT2D eigenvalue weighted by Gasteiger charge is 2.68. The third-order valence-corrected chi connectivity index (χ3v) is 5.58. The van der Waals surface area contributed by atoms with Gasteiger partial charge in [0.25, 0.3) is 0 Å². The maximum atomic E-state index is 13.6. The lowest BCUT2D eigenvalue weighted by Gasteiger charge is -2.37. The number of rotatable bonds is 10. The summed E-state index contributed by atoms with van der Waals surface area (Å²) >= 11 is 0. The normalized spacial score (nSPS) is 20.2. The Labute approximate surface area is 172 Å². The molecule has 0 aliphatic heterocycles. The van der Waals surface area contributed by atoms with Crippen molar-refractivity contribution >= 4 is 16.1 Å². The number of aliphatic hydroxyl groups is 1. The van der Waals surface area contributed by atoms with Crippen LogP contribution in [0.4, 0.5) is 30.7 Å². The summed E-state index contributed by atoms with van der Waals surface area (Å²) in [4.78, 5) is 11.8. The van der Waals surface area contributed by atoms with Crippen molar-refractivity contribution in [1.82, 2.24) is 0 Å². The lowest BCUT2D eigenvalue weighted by Crippen LogP contribution is -2.60. The molecule has 0 heterocycles. The maximum absolute atomic E-state index is 13.6. The van der Waals surface area contributed by atoms with Gasteiger partial charge in [0, 0.05) is 12.3 Å². The van der Waals surface area contributed by atoms with Crippen LogP contribution in [0, 0.1) is 5.92 Å². The summed E-state index contributed by atoms with van der Waals surface area (Å²) in [5, 5.41) is 3.96. The summed E-state index contributed by atoms with van der Waals surface area (Å²) < 4.78 is 136. The summed E-state index contributed by atoms with van der Waals surface area (Å²) in [5.41, 5.74) is 0. The fourth-order valence-electron chi connectivity index (χ4n) is 2.88. The van der Waals surface area contributed by atoms with Gasteiger partial charge in [0.1, 0.15) is 0 Å². The van der Waals surface area contributed by atoms with Gasteiger partial charge in [-0.25, -0.2) is 4.79 Å². The van der Waals surface area contributed by atoms with Crippen LogP contribution in [0.25, 0.3) is 0 Å². The van der Waals surface area contributed by atoms with Gasteiger partial charge >= 0.3 is 39.2 Å². The van der Waals surface area contributed by atoms with Gasteiger partial charge < -0.3 is 19.3 Å². The zero-order valence-electron chi connectivity index (χ0n) is 16.0. The topological polar surface area (TPSA) is 119 Å². The first kappa shape index (κ1) is 27.8. The molecule has 1 fully saturated rings. The molecule has 16 heteroatoms. The maximum Gasteiger partial charge on any atom is 0.455 e. The Morgan fingerprint density at radius 2 is 1.58 bits per heavy atom. The number of aliphatic hydroxyl groups excluding tert-OH is 1. The number of hydrogen-bond acceptors (Lipinski definition) is 7. The van der Waals surface area contributed by atoms with Crippen LogP contribution in [0.3, 0.4) is 0 Å². The van der Waals surface area contributed by atoms with Crippen molar-refractivity contribution in [3.8, 4) is 0 Å². The highest BCUT2D eigenvalue weighted by atomic mass is 32.2. The van der Waals surface area contributed by atoms with Gasteiger partial charge in [-0.1, -0.05) is 19.3 Å². The predicted molar refractivity (Wildman–Crippen MR) is 86.5 cm³/mol. The summed E-state index contributed by atoms with van der Waals surface area (Å²) in [6, 6.07) is 0. The van der Waals surface area contributed by atoms with E-state index >= 15 is 0 Å². The highest BCUT2D eigenvalue weighted by Crippen LogP contribution is 2.43. The Bertz CT molecular complexity index is 721. The third-order valence-electron chi connectivity index (χ3n) is 4.64. The van der Waals surface area contributed by atoms with E-state index in [0.29, 0.717) is 20.0 Å². The van der Waals surface area contributed by atoms with Crippen molar-refractivity contribution < 1.29 is 67.8 Å². The van der Waals surface area contributed by atoms with Crippen molar-refractivity contribution in [2.24, 2.45) is 5.92 Å². The van der Waals surface area contributed by atoms with Gasteiger partial charge in [0.05, 0.1) is 13.7 Å². The molecular weight excluding hydrogens is 473 g/mol. The second-order valence-corrected chi connectivity index (χ2v) is 8.27. The number of ether oxygens (including phenoxy) is 3. The van der Waals surface area contributed by atoms with Crippen LogP contribution in [-0.2, 0) is 29.1 Å². The van der Waals surface area contributed by atoms with E-state index < -0.39 is 64.5 Å². The number of hydrogen-bond donors (Lipinski definition) is 2. The summed E-state index contributed by atoms with van der Waals surface area (Å²) in [5.74, 6) is -13.2. The average molecular weight is 494 g/mol. The molecule has 31 heavy (non-hydrogen) atoms. The van der Waals surface area contributed by atoms with E-state index in [2.05, 4.69) is 14.2 Å². The third kappa shape index (κ3) is 5.97. The van der Waals surface area contributed by atoms with E-state index in [1.165, 1.54) is 0 Å². The molecule has 0 aromatic carbocycles. The number of alkyl halides is 7. The van der Waals surface area contributed by atoms with Gasteiger partial charge in [-0.05, 0) is 12.8 Å². The monoisotopic (exact) mass is 494 g/mol. The van der Waals surface area contributed by atoms with E-state index in [9.17, 15) is 49.1 Å².